The van der Waals surface area contributed by atoms with Gasteiger partial charge in [0, 0.05) is 37.9 Å². The summed E-state index contributed by atoms with van der Waals surface area (Å²) in [5.74, 6) is 0.843. The quantitative estimate of drug-likeness (QED) is 0.913. The lowest BCUT2D eigenvalue weighted by molar-refractivity contribution is 0.0827. The van der Waals surface area contributed by atoms with E-state index >= 15 is 0 Å². The summed E-state index contributed by atoms with van der Waals surface area (Å²) in [5, 5.41) is 3.63. The fourth-order valence-corrected chi connectivity index (χ4v) is 3.34. The van der Waals surface area contributed by atoms with Crippen LogP contribution in [0.2, 0.25) is 0 Å². The number of carbonyl (C=O) groups excluding carboxylic acids is 1. The molecule has 2 bridgehead atoms. The van der Waals surface area contributed by atoms with Crippen molar-refractivity contribution >= 4 is 11.6 Å². The number of benzene rings is 1. The molecule has 0 aromatic heterocycles. The molecule has 0 spiro atoms. The standard InChI is InChI=1S/C16H23N3O/c1-18(2)16(20)13-4-3-5-14(10-13)17-15-11-19-8-6-12(15)7-9-19/h3-5,10,12,15,17H,6-9,11H2,1-2H3. The topological polar surface area (TPSA) is 35.6 Å². The molecule has 1 amide bonds. The van der Waals surface area contributed by atoms with Gasteiger partial charge < -0.3 is 15.1 Å². The van der Waals surface area contributed by atoms with Crippen molar-refractivity contribution in [1.82, 2.24) is 9.80 Å². The van der Waals surface area contributed by atoms with Crippen molar-refractivity contribution in [3.8, 4) is 0 Å². The lowest BCUT2D eigenvalue weighted by atomic mass is 9.84. The number of rotatable bonds is 3. The highest BCUT2D eigenvalue weighted by molar-refractivity contribution is 5.94. The van der Waals surface area contributed by atoms with Gasteiger partial charge >= 0.3 is 0 Å². The summed E-state index contributed by atoms with van der Waals surface area (Å²) in [6, 6.07) is 8.40. The zero-order chi connectivity index (χ0) is 14.1. The van der Waals surface area contributed by atoms with Crippen molar-refractivity contribution in [3.05, 3.63) is 29.8 Å². The van der Waals surface area contributed by atoms with Crippen LogP contribution in [-0.4, -0.2) is 55.5 Å². The summed E-state index contributed by atoms with van der Waals surface area (Å²) >= 11 is 0. The van der Waals surface area contributed by atoms with Crippen LogP contribution in [0.5, 0.6) is 0 Å². The largest absolute Gasteiger partial charge is 0.381 e. The normalized spacial score (nSPS) is 28.2. The van der Waals surface area contributed by atoms with Crippen LogP contribution in [0.4, 0.5) is 5.69 Å². The van der Waals surface area contributed by atoms with E-state index in [-0.39, 0.29) is 5.91 Å². The smallest absolute Gasteiger partial charge is 0.253 e. The Hall–Kier alpha value is -1.55. The van der Waals surface area contributed by atoms with E-state index in [0.717, 1.165) is 23.7 Å². The first kappa shape index (κ1) is 13.4. The lowest BCUT2D eigenvalue weighted by Crippen LogP contribution is -2.53. The summed E-state index contributed by atoms with van der Waals surface area (Å²) in [4.78, 5) is 16.2. The summed E-state index contributed by atoms with van der Waals surface area (Å²) in [6.45, 7) is 3.64. The van der Waals surface area contributed by atoms with Crippen LogP contribution in [-0.2, 0) is 0 Å². The Balaban J connectivity index is 1.71. The molecule has 3 aliphatic heterocycles. The molecule has 108 valence electrons. The SMILES string of the molecule is CN(C)C(=O)c1cccc(NC2CN3CCC2CC3)c1. The van der Waals surface area contributed by atoms with E-state index in [0.29, 0.717) is 6.04 Å². The molecule has 1 aromatic rings. The molecule has 0 aliphatic carbocycles. The molecule has 3 saturated heterocycles. The van der Waals surface area contributed by atoms with E-state index in [1.54, 1.807) is 19.0 Å². The second-order valence-electron chi connectivity index (χ2n) is 6.17. The number of nitrogens with zero attached hydrogens (tertiary/aromatic N) is 2. The van der Waals surface area contributed by atoms with Gasteiger partial charge in [0.25, 0.3) is 5.91 Å². The van der Waals surface area contributed by atoms with Crippen LogP contribution in [0.1, 0.15) is 23.2 Å². The number of amides is 1. The van der Waals surface area contributed by atoms with Crippen molar-refractivity contribution in [3.63, 3.8) is 0 Å². The van der Waals surface area contributed by atoms with E-state index in [1.807, 2.05) is 18.2 Å². The maximum absolute atomic E-state index is 12.0. The van der Waals surface area contributed by atoms with Crippen molar-refractivity contribution in [2.75, 3.05) is 39.0 Å². The Morgan fingerprint density at radius 1 is 1.30 bits per heavy atom. The van der Waals surface area contributed by atoms with E-state index in [9.17, 15) is 4.79 Å². The Kier molecular flexibility index (Phi) is 3.66. The van der Waals surface area contributed by atoms with Gasteiger partial charge in [0.1, 0.15) is 0 Å². The molecule has 4 nitrogen and oxygen atoms in total. The number of carbonyl (C=O) groups is 1. The van der Waals surface area contributed by atoms with Gasteiger partial charge in [-0.2, -0.15) is 0 Å². The van der Waals surface area contributed by atoms with Gasteiger partial charge in [0.2, 0.25) is 0 Å². The third-order valence-corrected chi connectivity index (χ3v) is 4.52. The van der Waals surface area contributed by atoms with Gasteiger partial charge in [-0.1, -0.05) is 6.07 Å². The number of hydrogen-bond donors (Lipinski definition) is 1. The number of anilines is 1. The maximum atomic E-state index is 12.0. The Bertz CT molecular complexity index is 492. The second-order valence-corrected chi connectivity index (χ2v) is 6.17. The Labute approximate surface area is 120 Å². The zero-order valence-corrected chi connectivity index (χ0v) is 12.3. The van der Waals surface area contributed by atoms with Crippen LogP contribution in [0.15, 0.2) is 24.3 Å². The fraction of sp³-hybridized carbons (Fsp3) is 0.562. The van der Waals surface area contributed by atoms with Gasteiger partial charge in [0.15, 0.2) is 0 Å². The van der Waals surface area contributed by atoms with E-state index < -0.39 is 0 Å². The van der Waals surface area contributed by atoms with Crippen LogP contribution < -0.4 is 5.32 Å². The van der Waals surface area contributed by atoms with Gasteiger partial charge in [-0.15, -0.1) is 0 Å². The van der Waals surface area contributed by atoms with E-state index in [2.05, 4.69) is 16.3 Å². The van der Waals surface area contributed by atoms with E-state index in [1.165, 1.54) is 25.9 Å². The summed E-state index contributed by atoms with van der Waals surface area (Å²) < 4.78 is 0. The minimum absolute atomic E-state index is 0.0579. The van der Waals surface area contributed by atoms with Gasteiger partial charge in [0.05, 0.1) is 0 Å². The number of piperidine rings is 3. The highest BCUT2D eigenvalue weighted by Crippen LogP contribution is 2.29. The summed E-state index contributed by atoms with van der Waals surface area (Å²) in [7, 11) is 3.58. The van der Waals surface area contributed by atoms with Crippen LogP contribution in [0.3, 0.4) is 0 Å². The monoisotopic (exact) mass is 273 g/mol. The first-order valence-corrected chi connectivity index (χ1v) is 7.44. The van der Waals surface area contributed by atoms with Crippen molar-refractivity contribution in [2.24, 2.45) is 5.92 Å². The van der Waals surface area contributed by atoms with Crippen LogP contribution in [0.25, 0.3) is 0 Å². The van der Waals surface area contributed by atoms with Crippen LogP contribution in [0, 0.1) is 5.92 Å². The highest BCUT2D eigenvalue weighted by Gasteiger charge is 2.33. The van der Waals surface area contributed by atoms with Gasteiger partial charge in [-0.3, -0.25) is 4.79 Å². The fourth-order valence-electron chi connectivity index (χ4n) is 3.34. The average molecular weight is 273 g/mol. The zero-order valence-electron chi connectivity index (χ0n) is 12.3. The summed E-state index contributed by atoms with van der Waals surface area (Å²) in [6.07, 6.45) is 2.60. The first-order valence-electron chi connectivity index (χ1n) is 7.44. The minimum atomic E-state index is 0.0579. The molecule has 0 radical (unpaired) electrons. The van der Waals surface area contributed by atoms with E-state index in [4.69, 9.17) is 0 Å². The summed E-state index contributed by atoms with van der Waals surface area (Å²) in [5.41, 5.74) is 1.82. The molecular weight excluding hydrogens is 250 g/mol. The molecule has 20 heavy (non-hydrogen) atoms. The predicted octanol–water partition coefficient (Wildman–Crippen LogP) is 1.89. The van der Waals surface area contributed by atoms with Gasteiger partial charge in [-0.25, -0.2) is 0 Å². The molecule has 4 heteroatoms. The molecule has 0 saturated carbocycles. The average Bonchev–Trinajstić information content (AvgIpc) is 2.48. The molecule has 1 aromatic carbocycles. The Morgan fingerprint density at radius 3 is 2.65 bits per heavy atom. The molecule has 1 unspecified atom stereocenters. The van der Waals surface area contributed by atoms with Crippen LogP contribution >= 0.6 is 0 Å². The molecule has 1 N–H and O–H groups in total. The Morgan fingerprint density at radius 2 is 2.05 bits per heavy atom. The molecule has 3 heterocycles. The maximum Gasteiger partial charge on any atom is 0.253 e. The third kappa shape index (κ3) is 2.66. The number of nitrogens with one attached hydrogen (secondary N) is 1. The van der Waals surface area contributed by atoms with Crippen molar-refractivity contribution < 1.29 is 4.79 Å². The van der Waals surface area contributed by atoms with Crippen molar-refractivity contribution in [2.45, 2.75) is 18.9 Å². The first-order chi connectivity index (χ1) is 9.63. The number of hydrogen-bond acceptors (Lipinski definition) is 3. The highest BCUT2D eigenvalue weighted by atomic mass is 16.2. The third-order valence-electron chi connectivity index (χ3n) is 4.52. The van der Waals surface area contributed by atoms with Gasteiger partial charge in [-0.05, 0) is 50.0 Å². The number of fused-ring (bicyclic) bond motifs is 3. The lowest BCUT2D eigenvalue weighted by Gasteiger charge is -2.45. The molecule has 4 rings (SSSR count). The van der Waals surface area contributed by atoms with Crippen molar-refractivity contribution in [1.29, 1.82) is 0 Å². The second kappa shape index (κ2) is 5.44. The predicted molar refractivity (Wildman–Crippen MR) is 81.0 cm³/mol. The minimum Gasteiger partial charge on any atom is -0.381 e. The molecule has 3 fully saturated rings. The molecule has 1 atom stereocenters. The molecular formula is C16H23N3O. The molecule has 3 aliphatic rings.